The van der Waals surface area contributed by atoms with Gasteiger partial charge < -0.3 is 14.9 Å². The van der Waals surface area contributed by atoms with Gasteiger partial charge in [0, 0.05) is 30.7 Å². The summed E-state index contributed by atoms with van der Waals surface area (Å²) in [7, 11) is 1.92. The number of amides is 1. The van der Waals surface area contributed by atoms with Gasteiger partial charge >= 0.3 is 0 Å². The van der Waals surface area contributed by atoms with E-state index in [2.05, 4.69) is 20.3 Å². The van der Waals surface area contributed by atoms with Crippen molar-refractivity contribution in [1.82, 2.24) is 24.8 Å². The first-order chi connectivity index (χ1) is 11.0. The molecule has 0 aromatic carbocycles. The van der Waals surface area contributed by atoms with Crippen molar-refractivity contribution < 1.29 is 4.79 Å². The molecule has 3 rings (SSSR count). The average Bonchev–Trinajstić information content (AvgIpc) is 3.22. The summed E-state index contributed by atoms with van der Waals surface area (Å²) in [5.41, 5.74) is 0.772. The highest BCUT2D eigenvalue weighted by atomic mass is 16.2. The van der Waals surface area contributed by atoms with E-state index in [-0.39, 0.29) is 23.9 Å². The summed E-state index contributed by atoms with van der Waals surface area (Å²) in [5.74, 6) is 1.66. The SMILES string of the molecule is Cc1nc(C)c(CC(=O)N[C@H](c2nccn2C)C2CC2)c(=O)[nH]1. The molecule has 1 amide bonds. The van der Waals surface area contributed by atoms with Crippen LogP contribution in [0, 0.1) is 19.8 Å². The van der Waals surface area contributed by atoms with Crippen molar-refractivity contribution in [3.63, 3.8) is 0 Å². The molecule has 0 aliphatic heterocycles. The molecule has 2 aromatic rings. The molecule has 1 fully saturated rings. The van der Waals surface area contributed by atoms with Gasteiger partial charge in [-0.05, 0) is 32.6 Å². The number of carbonyl (C=O) groups excluding carboxylic acids is 1. The van der Waals surface area contributed by atoms with Gasteiger partial charge in [0.05, 0.1) is 12.5 Å². The molecule has 0 spiro atoms. The van der Waals surface area contributed by atoms with Crippen molar-refractivity contribution in [2.45, 2.75) is 39.2 Å². The van der Waals surface area contributed by atoms with E-state index in [9.17, 15) is 9.59 Å². The molecule has 2 aromatic heterocycles. The summed E-state index contributed by atoms with van der Waals surface area (Å²) in [4.78, 5) is 35.7. The number of aryl methyl sites for hydroxylation is 3. The highest BCUT2D eigenvalue weighted by Crippen LogP contribution is 2.40. The highest BCUT2D eigenvalue weighted by molar-refractivity contribution is 5.79. The van der Waals surface area contributed by atoms with Gasteiger partial charge in [-0.15, -0.1) is 0 Å². The summed E-state index contributed by atoms with van der Waals surface area (Å²) in [6.07, 6.45) is 5.81. The lowest BCUT2D eigenvalue weighted by molar-refractivity contribution is -0.121. The van der Waals surface area contributed by atoms with Crippen molar-refractivity contribution in [3.8, 4) is 0 Å². The number of hydrogen-bond acceptors (Lipinski definition) is 4. The maximum absolute atomic E-state index is 12.4. The zero-order valence-corrected chi connectivity index (χ0v) is 13.6. The Hall–Kier alpha value is -2.44. The van der Waals surface area contributed by atoms with Gasteiger partial charge in [-0.3, -0.25) is 9.59 Å². The number of hydrogen-bond donors (Lipinski definition) is 2. The molecular formula is C16H21N5O2. The number of carbonyl (C=O) groups is 1. The maximum Gasteiger partial charge on any atom is 0.254 e. The molecule has 0 radical (unpaired) electrons. The summed E-state index contributed by atoms with van der Waals surface area (Å²) < 4.78 is 1.93. The smallest absolute Gasteiger partial charge is 0.254 e. The predicted octanol–water partition coefficient (Wildman–Crippen LogP) is 0.930. The zero-order chi connectivity index (χ0) is 16.6. The molecule has 1 saturated carbocycles. The van der Waals surface area contributed by atoms with E-state index in [0.29, 0.717) is 23.0 Å². The van der Waals surface area contributed by atoms with Crippen LogP contribution in [0.5, 0.6) is 0 Å². The van der Waals surface area contributed by atoms with E-state index < -0.39 is 0 Å². The normalized spacial score (nSPS) is 15.4. The lowest BCUT2D eigenvalue weighted by atomic mass is 10.1. The Morgan fingerprint density at radius 3 is 2.78 bits per heavy atom. The lowest BCUT2D eigenvalue weighted by Crippen LogP contribution is -2.34. The lowest BCUT2D eigenvalue weighted by Gasteiger charge is -2.18. The van der Waals surface area contributed by atoms with Crippen LogP contribution in [0.15, 0.2) is 17.2 Å². The largest absolute Gasteiger partial charge is 0.346 e. The zero-order valence-electron chi connectivity index (χ0n) is 13.6. The Morgan fingerprint density at radius 1 is 1.48 bits per heavy atom. The molecular weight excluding hydrogens is 294 g/mol. The second kappa shape index (κ2) is 5.98. The van der Waals surface area contributed by atoms with Crippen LogP contribution in [0.4, 0.5) is 0 Å². The first-order valence-electron chi connectivity index (χ1n) is 7.78. The van der Waals surface area contributed by atoms with Gasteiger partial charge in [0.2, 0.25) is 5.91 Å². The Bertz CT molecular complexity index is 788. The van der Waals surface area contributed by atoms with Gasteiger partial charge in [0.25, 0.3) is 5.56 Å². The molecule has 7 nitrogen and oxygen atoms in total. The van der Waals surface area contributed by atoms with Crippen molar-refractivity contribution in [3.05, 3.63) is 45.7 Å². The van der Waals surface area contributed by atoms with Crippen LogP contribution in [0.3, 0.4) is 0 Å². The fourth-order valence-electron chi connectivity index (χ4n) is 2.84. The molecule has 122 valence electrons. The monoisotopic (exact) mass is 315 g/mol. The third-order valence-electron chi connectivity index (χ3n) is 4.22. The highest BCUT2D eigenvalue weighted by Gasteiger charge is 2.35. The summed E-state index contributed by atoms with van der Waals surface area (Å²) >= 11 is 0. The van der Waals surface area contributed by atoms with E-state index in [1.54, 1.807) is 20.0 Å². The molecule has 23 heavy (non-hydrogen) atoms. The third kappa shape index (κ3) is 3.33. The van der Waals surface area contributed by atoms with Gasteiger partial charge in [-0.1, -0.05) is 0 Å². The second-order valence-electron chi connectivity index (χ2n) is 6.17. The van der Waals surface area contributed by atoms with Crippen molar-refractivity contribution >= 4 is 5.91 Å². The van der Waals surface area contributed by atoms with Crippen LogP contribution in [-0.4, -0.2) is 25.4 Å². The molecule has 1 atom stereocenters. The fourth-order valence-corrected chi connectivity index (χ4v) is 2.84. The van der Waals surface area contributed by atoms with Crippen LogP contribution < -0.4 is 10.9 Å². The van der Waals surface area contributed by atoms with Crippen LogP contribution in [0.25, 0.3) is 0 Å². The van der Waals surface area contributed by atoms with Crippen LogP contribution in [0.1, 0.15) is 41.8 Å². The minimum Gasteiger partial charge on any atom is -0.346 e. The molecule has 0 bridgehead atoms. The van der Waals surface area contributed by atoms with Gasteiger partial charge in [-0.25, -0.2) is 9.97 Å². The topological polar surface area (TPSA) is 92.7 Å². The number of aromatic nitrogens is 4. The first kappa shape index (κ1) is 15.5. The van der Waals surface area contributed by atoms with Crippen LogP contribution in [-0.2, 0) is 18.3 Å². The van der Waals surface area contributed by atoms with E-state index in [4.69, 9.17) is 0 Å². The van der Waals surface area contributed by atoms with Crippen molar-refractivity contribution in [2.75, 3.05) is 0 Å². The van der Waals surface area contributed by atoms with Crippen LogP contribution >= 0.6 is 0 Å². The minimum absolute atomic E-state index is 0.0299. The number of nitrogens with one attached hydrogen (secondary N) is 2. The third-order valence-corrected chi connectivity index (χ3v) is 4.22. The van der Waals surface area contributed by atoms with Gasteiger partial charge in [0.1, 0.15) is 11.6 Å². The average molecular weight is 315 g/mol. The molecule has 0 saturated heterocycles. The Balaban J connectivity index is 1.76. The number of rotatable bonds is 5. The summed E-state index contributed by atoms with van der Waals surface area (Å²) in [6, 6.07) is -0.0969. The predicted molar refractivity (Wildman–Crippen MR) is 84.9 cm³/mol. The maximum atomic E-state index is 12.4. The number of nitrogens with zero attached hydrogens (tertiary/aromatic N) is 3. The van der Waals surface area contributed by atoms with Crippen LogP contribution in [0.2, 0.25) is 0 Å². The first-order valence-corrected chi connectivity index (χ1v) is 7.78. The molecule has 1 aliphatic carbocycles. The van der Waals surface area contributed by atoms with Crippen molar-refractivity contribution in [1.29, 1.82) is 0 Å². The quantitative estimate of drug-likeness (QED) is 0.858. The van der Waals surface area contributed by atoms with Gasteiger partial charge in [-0.2, -0.15) is 0 Å². The minimum atomic E-state index is -0.245. The van der Waals surface area contributed by atoms with E-state index in [1.807, 2.05) is 17.8 Å². The summed E-state index contributed by atoms with van der Waals surface area (Å²) in [6.45, 7) is 3.48. The van der Waals surface area contributed by atoms with Crippen molar-refractivity contribution in [2.24, 2.45) is 13.0 Å². The second-order valence-corrected chi connectivity index (χ2v) is 6.17. The molecule has 2 heterocycles. The van der Waals surface area contributed by atoms with E-state index >= 15 is 0 Å². The van der Waals surface area contributed by atoms with E-state index in [0.717, 1.165) is 18.7 Å². The molecule has 1 aliphatic rings. The standard InChI is InChI=1S/C16H21N5O2/c1-9-12(16(23)19-10(2)18-9)8-13(22)20-14(11-4-5-11)15-17-6-7-21(15)3/h6-7,11,14H,4-5,8H2,1-3H3,(H,20,22)(H,18,19,23)/t14-/m0/s1. The number of imidazole rings is 1. The Kier molecular flexibility index (Phi) is 4.02. The number of H-pyrrole nitrogens is 1. The van der Waals surface area contributed by atoms with Gasteiger partial charge in [0.15, 0.2) is 0 Å². The Labute approximate surface area is 134 Å². The molecule has 2 N–H and O–H groups in total. The molecule has 0 unspecified atom stereocenters. The summed E-state index contributed by atoms with van der Waals surface area (Å²) in [5, 5.41) is 3.04. The van der Waals surface area contributed by atoms with E-state index in [1.165, 1.54) is 0 Å². The Morgan fingerprint density at radius 2 is 2.22 bits per heavy atom. The molecule has 7 heteroatoms. The fraction of sp³-hybridized carbons (Fsp3) is 0.500. The number of aromatic amines is 1.